The Morgan fingerprint density at radius 3 is 2.43 bits per heavy atom. The van der Waals surface area contributed by atoms with Crippen LogP contribution in [0.3, 0.4) is 0 Å². The van der Waals surface area contributed by atoms with Crippen LogP contribution in [0.5, 0.6) is 5.75 Å². The lowest BCUT2D eigenvalue weighted by Crippen LogP contribution is -2.06. The Bertz CT molecular complexity index is 428. The van der Waals surface area contributed by atoms with Gasteiger partial charge in [0.15, 0.2) is 35.3 Å². The molecule has 0 radical (unpaired) electrons. The van der Waals surface area contributed by atoms with Gasteiger partial charge in [0.25, 0.3) is 0 Å². The van der Waals surface area contributed by atoms with E-state index in [0.717, 1.165) is 0 Å². The zero-order chi connectivity index (χ0) is 10.3. The van der Waals surface area contributed by atoms with Crippen LogP contribution in [-0.2, 0) is 4.89 Å². The number of fused-ring (bicyclic) bond motifs is 1. The van der Waals surface area contributed by atoms with Crippen molar-refractivity contribution in [3.8, 4) is 5.75 Å². The van der Waals surface area contributed by atoms with Gasteiger partial charge in [0.1, 0.15) is 0 Å². The summed E-state index contributed by atoms with van der Waals surface area (Å²) < 4.78 is 51.1. The van der Waals surface area contributed by atoms with Crippen LogP contribution in [0.4, 0.5) is 17.6 Å². The number of hydrogen-bond acceptors (Lipinski definition) is 2. The van der Waals surface area contributed by atoms with Crippen molar-refractivity contribution < 1.29 is 27.3 Å². The second kappa shape index (κ2) is 2.90. The zero-order valence-electron chi connectivity index (χ0n) is 6.48. The van der Waals surface area contributed by atoms with E-state index in [1.807, 2.05) is 0 Å². The largest absolute Gasteiger partial charge is 0.295 e. The summed E-state index contributed by atoms with van der Waals surface area (Å²) in [5, 5.41) is 0. The summed E-state index contributed by atoms with van der Waals surface area (Å²) in [4.78, 5) is 8.31. The molecule has 1 aromatic carbocycles. The number of hydrogen-bond donors (Lipinski definition) is 0. The van der Waals surface area contributed by atoms with Crippen molar-refractivity contribution in [3.05, 3.63) is 35.3 Å². The van der Waals surface area contributed by atoms with E-state index in [2.05, 4.69) is 9.78 Å². The van der Waals surface area contributed by atoms with Gasteiger partial charge in [0.05, 0.1) is 5.56 Å². The van der Waals surface area contributed by atoms with E-state index >= 15 is 0 Å². The van der Waals surface area contributed by atoms with Crippen LogP contribution < -0.4 is 4.89 Å². The first-order valence-electron chi connectivity index (χ1n) is 3.48. The third-order valence-electron chi connectivity index (χ3n) is 1.65. The Balaban J connectivity index is 2.73. The van der Waals surface area contributed by atoms with E-state index in [1.54, 1.807) is 0 Å². The van der Waals surface area contributed by atoms with Gasteiger partial charge in [-0.05, 0) is 0 Å². The Hall–Kier alpha value is -1.72. The van der Waals surface area contributed by atoms with Crippen molar-refractivity contribution in [2.24, 2.45) is 0 Å². The Kier molecular flexibility index (Phi) is 1.83. The van der Waals surface area contributed by atoms with Crippen LogP contribution in [0.2, 0.25) is 0 Å². The van der Waals surface area contributed by atoms with Crippen molar-refractivity contribution in [2.45, 2.75) is 0 Å². The first kappa shape index (κ1) is 8.86. The zero-order valence-corrected chi connectivity index (χ0v) is 6.48. The minimum absolute atomic E-state index is 0.447. The maximum atomic E-state index is 13.0. The van der Waals surface area contributed by atoms with E-state index in [-0.39, 0.29) is 0 Å². The highest BCUT2D eigenvalue weighted by molar-refractivity contribution is 5.66. The van der Waals surface area contributed by atoms with Crippen molar-refractivity contribution in [3.63, 3.8) is 0 Å². The minimum Gasteiger partial charge on any atom is -0.295 e. The van der Waals surface area contributed by atoms with E-state index in [1.165, 1.54) is 0 Å². The highest BCUT2D eigenvalue weighted by Crippen LogP contribution is 2.35. The average Bonchev–Trinajstić information content (AvgIpc) is 2.14. The summed E-state index contributed by atoms with van der Waals surface area (Å²) in [5.41, 5.74) is -0.782. The van der Waals surface area contributed by atoms with Crippen molar-refractivity contribution in [2.75, 3.05) is 0 Å². The van der Waals surface area contributed by atoms with E-state index in [0.29, 0.717) is 12.3 Å². The number of benzene rings is 1. The molecule has 0 atom stereocenters. The summed E-state index contributed by atoms with van der Waals surface area (Å²) in [6.45, 7) is 0. The van der Waals surface area contributed by atoms with Crippen molar-refractivity contribution >= 4 is 5.83 Å². The maximum Gasteiger partial charge on any atom is 0.195 e. The summed E-state index contributed by atoms with van der Waals surface area (Å²) in [7, 11) is 0. The highest BCUT2D eigenvalue weighted by Gasteiger charge is 2.26. The molecule has 1 aliphatic heterocycles. The maximum absolute atomic E-state index is 13.0. The normalized spacial score (nSPS) is 13.9. The van der Waals surface area contributed by atoms with Gasteiger partial charge >= 0.3 is 0 Å². The number of halogens is 4. The van der Waals surface area contributed by atoms with Gasteiger partial charge in [0, 0.05) is 6.07 Å². The molecule has 74 valence electrons. The lowest BCUT2D eigenvalue weighted by Gasteiger charge is -2.13. The second-order valence-electron chi connectivity index (χ2n) is 2.50. The van der Waals surface area contributed by atoms with Gasteiger partial charge in [-0.15, -0.1) is 0 Å². The molecule has 1 heterocycles. The van der Waals surface area contributed by atoms with Gasteiger partial charge in [-0.1, -0.05) is 0 Å². The molecule has 2 nitrogen and oxygen atoms in total. The van der Waals surface area contributed by atoms with Crippen LogP contribution >= 0.6 is 0 Å². The predicted molar refractivity (Wildman–Crippen MR) is 37.1 cm³/mol. The van der Waals surface area contributed by atoms with Crippen LogP contribution in [0.25, 0.3) is 5.83 Å². The second-order valence-corrected chi connectivity index (χ2v) is 2.50. The molecule has 14 heavy (non-hydrogen) atoms. The van der Waals surface area contributed by atoms with Gasteiger partial charge in [-0.2, -0.15) is 0 Å². The van der Waals surface area contributed by atoms with Crippen LogP contribution in [-0.4, -0.2) is 0 Å². The lowest BCUT2D eigenvalue weighted by molar-refractivity contribution is -0.153. The molecule has 0 saturated carbocycles. The molecule has 6 heteroatoms. The predicted octanol–water partition coefficient (Wildman–Crippen LogP) is 2.70. The molecule has 0 amide bonds. The molecule has 1 aromatic rings. The first-order chi connectivity index (χ1) is 6.61. The molecule has 0 bridgehead atoms. The van der Waals surface area contributed by atoms with Gasteiger partial charge in [-0.3, -0.25) is 9.78 Å². The van der Waals surface area contributed by atoms with Gasteiger partial charge in [-0.25, -0.2) is 17.6 Å². The van der Waals surface area contributed by atoms with Crippen molar-refractivity contribution in [1.29, 1.82) is 0 Å². The molecule has 0 fully saturated rings. The van der Waals surface area contributed by atoms with Gasteiger partial charge in [0.2, 0.25) is 0 Å². The van der Waals surface area contributed by atoms with Crippen LogP contribution in [0.1, 0.15) is 5.56 Å². The fourth-order valence-corrected chi connectivity index (χ4v) is 1.04. The van der Waals surface area contributed by atoms with E-state index in [9.17, 15) is 17.6 Å². The molecular formula is C8H2F4O2. The third kappa shape index (κ3) is 1.11. The third-order valence-corrected chi connectivity index (χ3v) is 1.65. The number of rotatable bonds is 0. The standard InChI is InChI=1S/C8H2F4O2/c9-3-1-5-6(8(12)7(3)11)4(10)2-13-14-5/h1-2H. The molecule has 0 saturated heterocycles. The molecule has 1 aliphatic rings. The molecule has 0 spiro atoms. The van der Waals surface area contributed by atoms with Crippen molar-refractivity contribution in [1.82, 2.24) is 0 Å². The minimum atomic E-state index is -1.75. The fraction of sp³-hybridized carbons (Fsp3) is 0. The molecule has 0 unspecified atom stereocenters. The fourth-order valence-electron chi connectivity index (χ4n) is 1.04. The highest BCUT2D eigenvalue weighted by atomic mass is 19.2. The quantitative estimate of drug-likeness (QED) is 0.369. The molecule has 2 rings (SSSR count). The summed E-state index contributed by atoms with van der Waals surface area (Å²) in [6, 6.07) is 0.500. The lowest BCUT2D eigenvalue weighted by atomic mass is 10.1. The molecule has 0 aromatic heterocycles. The molecule has 0 N–H and O–H groups in total. The van der Waals surface area contributed by atoms with Gasteiger partial charge < -0.3 is 0 Å². The summed E-state index contributed by atoms with van der Waals surface area (Å²) >= 11 is 0. The molecular weight excluding hydrogens is 204 g/mol. The molecule has 0 aliphatic carbocycles. The summed E-state index contributed by atoms with van der Waals surface area (Å²) in [5.74, 6) is -6.57. The van der Waals surface area contributed by atoms with E-state index in [4.69, 9.17) is 0 Å². The monoisotopic (exact) mass is 206 g/mol. The smallest absolute Gasteiger partial charge is 0.195 e. The summed E-state index contributed by atoms with van der Waals surface area (Å²) in [6.07, 6.45) is 0.447. The Morgan fingerprint density at radius 1 is 1.00 bits per heavy atom. The SMILES string of the molecule is FC1=COOc2cc(F)c(F)c(F)c21. The van der Waals surface area contributed by atoms with Crippen LogP contribution in [0.15, 0.2) is 12.3 Å². The van der Waals surface area contributed by atoms with Crippen LogP contribution in [0, 0.1) is 17.5 Å². The first-order valence-corrected chi connectivity index (χ1v) is 3.48. The Labute approximate surface area is 75.3 Å². The Morgan fingerprint density at radius 2 is 1.71 bits per heavy atom. The topological polar surface area (TPSA) is 18.5 Å². The van der Waals surface area contributed by atoms with E-state index < -0.39 is 34.6 Å². The average molecular weight is 206 g/mol.